The van der Waals surface area contributed by atoms with Crippen LogP contribution < -0.4 is 14.2 Å². The average molecular weight is 478 g/mol. The predicted octanol–water partition coefficient (Wildman–Crippen LogP) is 4.95. The van der Waals surface area contributed by atoms with Crippen LogP contribution >= 0.6 is 12.4 Å². The monoisotopic (exact) mass is 477 g/mol. The summed E-state index contributed by atoms with van der Waals surface area (Å²) in [5, 5.41) is 0. The molecule has 0 aromatic heterocycles. The smallest absolute Gasteiger partial charge is 0.338 e. The zero-order valence-electron chi connectivity index (χ0n) is 20.1. The zero-order valence-corrected chi connectivity index (χ0v) is 20.9. The van der Waals surface area contributed by atoms with Crippen molar-refractivity contribution >= 4 is 18.4 Å². The predicted molar refractivity (Wildman–Crippen MR) is 132 cm³/mol. The van der Waals surface area contributed by atoms with Crippen LogP contribution in [0.25, 0.3) is 0 Å². The highest BCUT2D eigenvalue weighted by Gasteiger charge is 2.23. The van der Waals surface area contributed by atoms with E-state index in [0.717, 1.165) is 44.5 Å². The molecule has 3 rings (SSSR count). The van der Waals surface area contributed by atoms with E-state index in [9.17, 15) is 4.79 Å². The Bertz CT molecular complexity index is 904. The SMILES string of the molecule is CCN(CCCCOC(=O)c1ccc(OC)c(OC)c1)C1CCc2ccc(OC)cc2C1.Cl. The van der Waals surface area contributed by atoms with Crippen molar-refractivity contribution in [2.75, 3.05) is 41.0 Å². The number of carbonyl (C=O) groups is 1. The van der Waals surface area contributed by atoms with E-state index in [1.165, 1.54) is 17.5 Å². The number of rotatable bonds is 11. The van der Waals surface area contributed by atoms with Gasteiger partial charge in [0.15, 0.2) is 11.5 Å². The van der Waals surface area contributed by atoms with E-state index in [0.29, 0.717) is 29.7 Å². The number of aryl methyl sites for hydroxylation is 1. The Morgan fingerprint density at radius 3 is 2.45 bits per heavy atom. The van der Waals surface area contributed by atoms with Crippen LogP contribution in [0.5, 0.6) is 17.2 Å². The van der Waals surface area contributed by atoms with Crippen LogP contribution in [0.1, 0.15) is 47.7 Å². The molecule has 0 bridgehead atoms. The summed E-state index contributed by atoms with van der Waals surface area (Å²) in [5.41, 5.74) is 3.32. The molecule has 182 valence electrons. The third kappa shape index (κ3) is 7.02. The van der Waals surface area contributed by atoms with Gasteiger partial charge in [0.25, 0.3) is 0 Å². The second-order valence-corrected chi connectivity index (χ2v) is 8.07. The summed E-state index contributed by atoms with van der Waals surface area (Å²) in [6.07, 6.45) is 5.20. The Labute approximate surface area is 203 Å². The Kier molecular flexibility index (Phi) is 10.8. The average Bonchev–Trinajstić information content (AvgIpc) is 2.84. The summed E-state index contributed by atoms with van der Waals surface area (Å²) < 4.78 is 21.3. The molecule has 2 aromatic carbocycles. The lowest BCUT2D eigenvalue weighted by Crippen LogP contribution is -2.39. The molecule has 0 heterocycles. The van der Waals surface area contributed by atoms with Crippen LogP contribution in [0.3, 0.4) is 0 Å². The highest BCUT2D eigenvalue weighted by Crippen LogP contribution is 2.29. The molecule has 0 saturated heterocycles. The number of hydrogen-bond donors (Lipinski definition) is 0. The number of methoxy groups -OCH3 is 3. The largest absolute Gasteiger partial charge is 0.497 e. The summed E-state index contributed by atoms with van der Waals surface area (Å²) in [5.74, 6) is 1.71. The number of nitrogens with zero attached hydrogens (tertiary/aromatic N) is 1. The van der Waals surface area contributed by atoms with Crippen LogP contribution in [-0.2, 0) is 17.6 Å². The molecule has 0 amide bonds. The van der Waals surface area contributed by atoms with Crippen LogP contribution in [0.4, 0.5) is 0 Å². The number of carbonyl (C=O) groups excluding carboxylic acids is 1. The summed E-state index contributed by atoms with van der Waals surface area (Å²) >= 11 is 0. The first-order valence-electron chi connectivity index (χ1n) is 11.4. The molecule has 1 aliphatic carbocycles. The minimum atomic E-state index is -0.337. The van der Waals surface area contributed by atoms with Crippen LogP contribution in [-0.4, -0.2) is 57.9 Å². The minimum absolute atomic E-state index is 0. The van der Waals surface area contributed by atoms with E-state index in [1.54, 1.807) is 39.5 Å². The van der Waals surface area contributed by atoms with Crippen molar-refractivity contribution in [1.82, 2.24) is 4.90 Å². The standard InChI is InChI=1S/C26H35NO5.ClH/c1-5-27(22-11-8-19-9-12-23(29-2)17-21(19)16-22)14-6-7-15-32-26(28)20-10-13-24(30-3)25(18-20)31-4;/h9-10,12-13,17-18,22H,5-8,11,14-16H2,1-4H3;1H. The number of ether oxygens (including phenoxy) is 4. The van der Waals surface area contributed by atoms with E-state index in [4.69, 9.17) is 18.9 Å². The summed E-state index contributed by atoms with van der Waals surface area (Å²) in [6, 6.07) is 12.0. The number of fused-ring (bicyclic) bond motifs is 1. The van der Waals surface area contributed by atoms with Gasteiger partial charge in [-0.2, -0.15) is 0 Å². The first-order valence-corrected chi connectivity index (χ1v) is 11.4. The normalized spacial score (nSPS) is 14.8. The van der Waals surface area contributed by atoms with Gasteiger partial charge in [-0.25, -0.2) is 4.79 Å². The first-order chi connectivity index (χ1) is 15.6. The van der Waals surface area contributed by atoms with Gasteiger partial charge in [-0.3, -0.25) is 0 Å². The molecule has 6 nitrogen and oxygen atoms in total. The second-order valence-electron chi connectivity index (χ2n) is 8.07. The van der Waals surface area contributed by atoms with Gasteiger partial charge in [-0.1, -0.05) is 13.0 Å². The van der Waals surface area contributed by atoms with Crippen molar-refractivity contribution in [3.05, 3.63) is 53.1 Å². The van der Waals surface area contributed by atoms with E-state index in [1.807, 2.05) is 0 Å². The maximum atomic E-state index is 12.3. The number of benzene rings is 2. The Hall–Kier alpha value is -2.44. The van der Waals surface area contributed by atoms with Gasteiger partial charge in [0.2, 0.25) is 0 Å². The minimum Gasteiger partial charge on any atom is -0.497 e. The van der Waals surface area contributed by atoms with Crippen LogP contribution in [0.15, 0.2) is 36.4 Å². The third-order valence-electron chi connectivity index (χ3n) is 6.23. The number of halogens is 1. The fourth-order valence-electron chi connectivity index (χ4n) is 4.38. The lowest BCUT2D eigenvalue weighted by Gasteiger charge is -2.34. The third-order valence-corrected chi connectivity index (χ3v) is 6.23. The molecule has 33 heavy (non-hydrogen) atoms. The quantitative estimate of drug-likeness (QED) is 0.337. The lowest BCUT2D eigenvalue weighted by atomic mass is 9.87. The molecular formula is C26H36ClNO5. The van der Waals surface area contributed by atoms with E-state index >= 15 is 0 Å². The Balaban J connectivity index is 0.00000385. The fourth-order valence-corrected chi connectivity index (χ4v) is 4.38. The van der Waals surface area contributed by atoms with E-state index in [-0.39, 0.29) is 18.4 Å². The molecule has 0 radical (unpaired) electrons. The van der Waals surface area contributed by atoms with E-state index < -0.39 is 0 Å². The second kappa shape index (κ2) is 13.3. The van der Waals surface area contributed by atoms with Gasteiger partial charge in [0.1, 0.15) is 5.75 Å². The topological polar surface area (TPSA) is 57.2 Å². The first kappa shape index (κ1) is 26.8. The highest BCUT2D eigenvalue weighted by atomic mass is 35.5. The van der Waals surface area contributed by atoms with Gasteiger partial charge in [-0.05, 0) is 86.7 Å². The maximum Gasteiger partial charge on any atom is 0.338 e. The number of likely N-dealkylation sites (N-methyl/N-ethyl adjacent to an activating group) is 1. The number of unbranched alkanes of at least 4 members (excludes halogenated alkanes) is 1. The number of hydrogen-bond acceptors (Lipinski definition) is 6. The number of esters is 1. The van der Waals surface area contributed by atoms with Crippen molar-refractivity contribution in [3.8, 4) is 17.2 Å². The van der Waals surface area contributed by atoms with Gasteiger partial charge in [0, 0.05) is 6.04 Å². The Morgan fingerprint density at radius 2 is 1.76 bits per heavy atom. The van der Waals surface area contributed by atoms with Gasteiger partial charge < -0.3 is 23.8 Å². The summed E-state index contributed by atoms with van der Waals surface area (Å²) in [7, 11) is 4.84. The van der Waals surface area contributed by atoms with Crippen molar-refractivity contribution < 1.29 is 23.7 Å². The van der Waals surface area contributed by atoms with Crippen LogP contribution in [0, 0.1) is 0 Å². The van der Waals surface area contributed by atoms with Crippen molar-refractivity contribution in [1.29, 1.82) is 0 Å². The molecule has 1 aliphatic rings. The molecule has 0 spiro atoms. The van der Waals surface area contributed by atoms with Gasteiger partial charge in [-0.15, -0.1) is 12.4 Å². The molecule has 2 aromatic rings. The van der Waals surface area contributed by atoms with Crippen molar-refractivity contribution in [2.45, 2.75) is 45.1 Å². The Morgan fingerprint density at radius 1 is 0.970 bits per heavy atom. The maximum absolute atomic E-state index is 12.3. The molecule has 1 atom stereocenters. The molecule has 0 saturated carbocycles. The van der Waals surface area contributed by atoms with Gasteiger partial charge in [0.05, 0.1) is 33.5 Å². The van der Waals surface area contributed by atoms with Crippen molar-refractivity contribution in [2.24, 2.45) is 0 Å². The zero-order chi connectivity index (χ0) is 22.9. The van der Waals surface area contributed by atoms with Crippen LogP contribution in [0.2, 0.25) is 0 Å². The highest BCUT2D eigenvalue weighted by molar-refractivity contribution is 5.90. The molecule has 1 unspecified atom stereocenters. The van der Waals surface area contributed by atoms with Gasteiger partial charge >= 0.3 is 5.97 Å². The lowest BCUT2D eigenvalue weighted by molar-refractivity contribution is 0.0492. The molecular weight excluding hydrogens is 442 g/mol. The molecule has 0 fully saturated rings. The van der Waals surface area contributed by atoms with Crippen molar-refractivity contribution in [3.63, 3.8) is 0 Å². The molecule has 7 heteroatoms. The molecule has 0 N–H and O–H groups in total. The van der Waals surface area contributed by atoms with E-state index in [2.05, 4.69) is 30.0 Å². The molecule has 0 aliphatic heterocycles. The summed E-state index contributed by atoms with van der Waals surface area (Å²) in [6.45, 7) is 4.66. The fraction of sp³-hybridized carbons (Fsp3) is 0.500. The summed E-state index contributed by atoms with van der Waals surface area (Å²) in [4.78, 5) is 14.9.